The molecular formula is C16H20N6. The van der Waals surface area contributed by atoms with Crippen molar-refractivity contribution in [1.29, 1.82) is 0 Å². The Morgan fingerprint density at radius 3 is 3.09 bits per heavy atom. The Kier molecular flexibility index (Phi) is 3.18. The number of nitrogens with one attached hydrogen (secondary N) is 1. The third kappa shape index (κ3) is 2.11. The van der Waals surface area contributed by atoms with Crippen molar-refractivity contribution in [3.63, 3.8) is 0 Å². The molecule has 2 unspecified atom stereocenters. The van der Waals surface area contributed by atoms with Crippen molar-refractivity contribution in [2.45, 2.75) is 38.9 Å². The normalized spacial score (nSPS) is 20.6. The van der Waals surface area contributed by atoms with Crippen LogP contribution in [0, 0.1) is 6.92 Å². The highest BCUT2D eigenvalue weighted by atomic mass is 15.4. The average Bonchev–Trinajstić information content (AvgIpc) is 3.17. The third-order valence-electron chi connectivity index (χ3n) is 4.48. The quantitative estimate of drug-likeness (QED) is 0.802. The molecule has 0 aliphatic carbocycles. The molecule has 0 spiro atoms. The Hall–Kier alpha value is -2.21. The van der Waals surface area contributed by atoms with Crippen LogP contribution in [0.5, 0.6) is 0 Å². The fourth-order valence-corrected chi connectivity index (χ4v) is 3.40. The van der Waals surface area contributed by atoms with E-state index in [0.29, 0.717) is 12.1 Å². The summed E-state index contributed by atoms with van der Waals surface area (Å²) >= 11 is 0. The number of hydrogen-bond acceptors (Lipinski definition) is 4. The Labute approximate surface area is 129 Å². The summed E-state index contributed by atoms with van der Waals surface area (Å²) in [5.41, 5.74) is 2.26. The molecular weight excluding hydrogens is 276 g/mol. The molecule has 6 nitrogen and oxygen atoms in total. The van der Waals surface area contributed by atoms with Crippen LogP contribution in [0.2, 0.25) is 0 Å². The monoisotopic (exact) mass is 296 g/mol. The first-order chi connectivity index (χ1) is 10.7. The van der Waals surface area contributed by atoms with Gasteiger partial charge in [0, 0.05) is 13.1 Å². The Balaban J connectivity index is 1.46. The maximum absolute atomic E-state index is 4.61. The van der Waals surface area contributed by atoms with Gasteiger partial charge in [0.15, 0.2) is 0 Å². The van der Waals surface area contributed by atoms with Gasteiger partial charge in [-0.15, -0.1) is 0 Å². The van der Waals surface area contributed by atoms with Crippen LogP contribution in [0.1, 0.15) is 37.1 Å². The van der Waals surface area contributed by atoms with Crippen LogP contribution in [-0.4, -0.2) is 30.9 Å². The zero-order valence-electron chi connectivity index (χ0n) is 12.9. The summed E-state index contributed by atoms with van der Waals surface area (Å²) in [5.74, 6) is 2.12. The molecule has 22 heavy (non-hydrogen) atoms. The molecule has 1 aliphatic rings. The molecule has 0 bridgehead atoms. The molecule has 0 radical (unpaired) electrons. The maximum atomic E-state index is 4.61. The SMILES string of the molecule is Cc1nc2ccccc2n1CCNC1CC(C)n2ncnc21. The minimum absolute atomic E-state index is 0.299. The molecule has 1 aromatic carbocycles. The van der Waals surface area contributed by atoms with E-state index in [1.807, 2.05) is 10.7 Å². The van der Waals surface area contributed by atoms with Gasteiger partial charge in [-0.3, -0.25) is 0 Å². The van der Waals surface area contributed by atoms with Crippen LogP contribution in [0.4, 0.5) is 0 Å². The molecule has 1 N–H and O–H groups in total. The van der Waals surface area contributed by atoms with Crippen molar-refractivity contribution < 1.29 is 0 Å². The first-order valence-electron chi connectivity index (χ1n) is 7.78. The van der Waals surface area contributed by atoms with Gasteiger partial charge in [-0.2, -0.15) is 5.10 Å². The first kappa shape index (κ1) is 13.5. The second-order valence-electron chi connectivity index (χ2n) is 5.95. The van der Waals surface area contributed by atoms with E-state index in [1.165, 1.54) is 5.52 Å². The number of nitrogens with zero attached hydrogens (tertiary/aromatic N) is 5. The number of imidazole rings is 1. The predicted octanol–water partition coefficient (Wildman–Crippen LogP) is 2.23. The van der Waals surface area contributed by atoms with Gasteiger partial charge in [0.1, 0.15) is 18.0 Å². The van der Waals surface area contributed by atoms with E-state index in [2.05, 4.69) is 57.0 Å². The fourth-order valence-electron chi connectivity index (χ4n) is 3.40. The van der Waals surface area contributed by atoms with Crippen LogP contribution in [-0.2, 0) is 6.54 Å². The van der Waals surface area contributed by atoms with Crippen LogP contribution >= 0.6 is 0 Å². The average molecular weight is 296 g/mol. The van der Waals surface area contributed by atoms with E-state index in [0.717, 1.165) is 36.7 Å². The molecule has 0 amide bonds. The van der Waals surface area contributed by atoms with Gasteiger partial charge in [0.25, 0.3) is 0 Å². The number of benzene rings is 1. The van der Waals surface area contributed by atoms with Gasteiger partial charge in [-0.25, -0.2) is 14.6 Å². The van der Waals surface area contributed by atoms with Gasteiger partial charge >= 0.3 is 0 Å². The largest absolute Gasteiger partial charge is 0.327 e. The van der Waals surface area contributed by atoms with Crippen molar-refractivity contribution in [3.8, 4) is 0 Å². The molecule has 3 aromatic rings. The van der Waals surface area contributed by atoms with Crippen LogP contribution in [0.3, 0.4) is 0 Å². The molecule has 2 atom stereocenters. The van der Waals surface area contributed by atoms with Gasteiger partial charge in [-0.05, 0) is 32.4 Å². The number of aryl methyl sites for hydroxylation is 1. The highest BCUT2D eigenvalue weighted by Crippen LogP contribution is 2.31. The van der Waals surface area contributed by atoms with Crippen LogP contribution in [0.25, 0.3) is 11.0 Å². The fraction of sp³-hybridized carbons (Fsp3) is 0.438. The lowest BCUT2D eigenvalue weighted by atomic mass is 10.2. The number of hydrogen-bond donors (Lipinski definition) is 1. The van der Waals surface area contributed by atoms with Crippen molar-refractivity contribution in [2.75, 3.05) is 6.54 Å². The molecule has 4 rings (SSSR count). The summed E-state index contributed by atoms with van der Waals surface area (Å²) < 4.78 is 4.29. The lowest BCUT2D eigenvalue weighted by Crippen LogP contribution is -2.24. The number of para-hydroxylation sites is 2. The molecule has 2 aromatic heterocycles. The highest BCUT2D eigenvalue weighted by molar-refractivity contribution is 5.75. The molecule has 3 heterocycles. The van der Waals surface area contributed by atoms with Crippen molar-refractivity contribution in [2.24, 2.45) is 0 Å². The zero-order chi connectivity index (χ0) is 15.1. The van der Waals surface area contributed by atoms with Crippen molar-refractivity contribution >= 4 is 11.0 Å². The summed E-state index contributed by atoms with van der Waals surface area (Å²) in [6.45, 7) is 6.05. The minimum atomic E-state index is 0.299. The summed E-state index contributed by atoms with van der Waals surface area (Å²) in [7, 11) is 0. The van der Waals surface area contributed by atoms with Gasteiger partial charge in [0.05, 0.1) is 23.1 Å². The Morgan fingerprint density at radius 2 is 2.18 bits per heavy atom. The molecule has 1 aliphatic heterocycles. The van der Waals surface area contributed by atoms with E-state index >= 15 is 0 Å². The Bertz CT molecular complexity index is 802. The van der Waals surface area contributed by atoms with Gasteiger partial charge < -0.3 is 9.88 Å². The second-order valence-corrected chi connectivity index (χ2v) is 5.95. The van der Waals surface area contributed by atoms with Crippen LogP contribution < -0.4 is 5.32 Å². The lowest BCUT2D eigenvalue weighted by Gasteiger charge is -2.13. The van der Waals surface area contributed by atoms with Crippen LogP contribution in [0.15, 0.2) is 30.6 Å². The summed E-state index contributed by atoms with van der Waals surface area (Å²) in [6.07, 6.45) is 2.70. The molecule has 0 saturated heterocycles. The number of aromatic nitrogens is 5. The zero-order valence-corrected chi connectivity index (χ0v) is 12.9. The minimum Gasteiger partial charge on any atom is -0.327 e. The predicted molar refractivity (Wildman–Crippen MR) is 84.6 cm³/mol. The van der Waals surface area contributed by atoms with E-state index in [4.69, 9.17) is 0 Å². The summed E-state index contributed by atoms with van der Waals surface area (Å²) in [4.78, 5) is 8.99. The summed E-state index contributed by atoms with van der Waals surface area (Å²) in [5, 5.41) is 7.90. The molecule has 114 valence electrons. The molecule has 0 saturated carbocycles. The summed E-state index contributed by atoms with van der Waals surface area (Å²) in [6, 6.07) is 9.01. The number of rotatable bonds is 4. The number of fused-ring (bicyclic) bond motifs is 2. The second kappa shape index (κ2) is 5.21. The first-order valence-corrected chi connectivity index (χ1v) is 7.78. The van der Waals surface area contributed by atoms with Gasteiger partial charge in [0.2, 0.25) is 0 Å². The molecule has 0 fully saturated rings. The lowest BCUT2D eigenvalue weighted by molar-refractivity contribution is 0.457. The van der Waals surface area contributed by atoms with E-state index < -0.39 is 0 Å². The Morgan fingerprint density at radius 1 is 1.32 bits per heavy atom. The van der Waals surface area contributed by atoms with Crippen molar-refractivity contribution in [1.82, 2.24) is 29.6 Å². The van der Waals surface area contributed by atoms with E-state index in [1.54, 1.807) is 6.33 Å². The van der Waals surface area contributed by atoms with Gasteiger partial charge in [-0.1, -0.05) is 12.1 Å². The maximum Gasteiger partial charge on any atom is 0.144 e. The third-order valence-corrected chi connectivity index (χ3v) is 4.48. The highest BCUT2D eigenvalue weighted by Gasteiger charge is 2.29. The topological polar surface area (TPSA) is 60.6 Å². The van der Waals surface area contributed by atoms with Crippen molar-refractivity contribution in [3.05, 3.63) is 42.2 Å². The standard InChI is InChI=1S/C16H20N6/c1-11-9-14(16-18-10-19-22(11)16)17-7-8-21-12(2)20-13-5-3-4-6-15(13)21/h3-6,10-11,14,17H,7-9H2,1-2H3. The van der Waals surface area contributed by atoms with E-state index in [-0.39, 0.29) is 0 Å². The molecule has 6 heteroatoms. The van der Waals surface area contributed by atoms with E-state index in [9.17, 15) is 0 Å². The smallest absolute Gasteiger partial charge is 0.144 e.